The lowest BCUT2D eigenvalue weighted by molar-refractivity contribution is 0.599. The van der Waals surface area contributed by atoms with Gasteiger partial charge in [-0.05, 0) is 36.4 Å². The molecule has 108 valence electrons. The summed E-state index contributed by atoms with van der Waals surface area (Å²) in [6.07, 6.45) is 0. The Morgan fingerprint density at radius 2 is 1.86 bits per heavy atom. The van der Waals surface area contributed by atoms with Crippen LogP contribution in [0.15, 0.2) is 41.3 Å². The number of halogens is 2. The summed E-state index contributed by atoms with van der Waals surface area (Å²) in [4.78, 5) is -0.316. The van der Waals surface area contributed by atoms with Gasteiger partial charge in [-0.2, -0.15) is 5.26 Å². The molecule has 0 aromatic heterocycles. The van der Waals surface area contributed by atoms with E-state index in [0.29, 0.717) is 0 Å². The zero-order chi connectivity index (χ0) is 15.6. The van der Waals surface area contributed by atoms with E-state index >= 15 is 0 Å². The Hall–Kier alpha value is -2.66. The molecule has 0 radical (unpaired) electrons. The predicted octanol–water partition coefficient (Wildman–Crippen LogP) is 2.22. The van der Waals surface area contributed by atoms with Crippen molar-refractivity contribution in [2.75, 3.05) is 10.5 Å². The van der Waals surface area contributed by atoms with Gasteiger partial charge in [0.25, 0.3) is 10.0 Å². The number of nitriles is 1. The third-order valence-electron chi connectivity index (χ3n) is 2.54. The maximum Gasteiger partial charge on any atom is 0.261 e. The van der Waals surface area contributed by atoms with E-state index in [2.05, 4.69) is 4.72 Å². The molecule has 0 saturated heterocycles. The smallest absolute Gasteiger partial charge is 0.261 e. The minimum atomic E-state index is -4.09. The Bertz CT molecular complexity index is 825. The summed E-state index contributed by atoms with van der Waals surface area (Å²) < 4.78 is 52.7. The van der Waals surface area contributed by atoms with Crippen molar-refractivity contribution < 1.29 is 17.2 Å². The fraction of sp³-hybridized carbons (Fsp3) is 0. The first-order valence-electron chi connectivity index (χ1n) is 5.60. The molecule has 0 aliphatic rings. The molecule has 2 rings (SSSR count). The summed E-state index contributed by atoms with van der Waals surface area (Å²) >= 11 is 0. The average Bonchev–Trinajstić information content (AvgIpc) is 2.37. The molecule has 8 heteroatoms. The Labute approximate surface area is 119 Å². The van der Waals surface area contributed by atoms with Crippen LogP contribution in [0.3, 0.4) is 0 Å². The van der Waals surface area contributed by atoms with E-state index in [-0.39, 0.29) is 16.3 Å². The van der Waals surface area contributed by atoms with E-state index in [9.17, 15) is 17.2 Å². The number of rotatable bonds is 3. The van der Waals surface area contributed by atoms with Crippen LogP contribution < -0.4 is 10.5 Å². The summed E-state index contributed by atoms with van der Waals surface area (Å²) in [6.45, 7) is 0. The van der Waals surface area contributed by atoms with Crippen LogP contribution in [-0.4, -0.2) is 8.42 Å². The molecule has 5 nitrogen and oxygen atoms in total. The van der Waals surface area contributed by atoms with Gasteiger partial charge in [0.05, 0.1) is 16.1 Å². The number of hydrogen-bond donors (Lipinski definition) is 2. The van der Waals surface area contributed by atoms with Gasteiger partial charge in [0.2, 0.25) is 0 Å². The second kappa shape index (κ2) is 5.38. The predicted molar refractivity (Wildman–Crippen MR) is 72.7 cm³/mol. The van der Waals surface area contributed by atoms with Crippen molar-refractivity contribution >= 4 is 21.4 Å². The highest BCUT2D eigenvalue weighted by molar-refractivity contribution is 7.92. The Morgan fingerprint density at radius 3 is 2.48 bits per heavy atom. The highest BCUT2D eigenvalue weighted by Gasteiger charge is 2.17. The van der Waals surface area contributed by atoms with Crippen molar-refractivity contribution in [2.45, 2.75) is 4.90 Å². The average molecular weight is 309 g/mol. The third-order valence-corrected chi connectivity index (χ3v) is 3.92. The number of nitrogens with one attached hydrogen (secondary N) is 1. The SMILES string of the molecule is N#Cc1cc(S(=O)(=O)Nc2cc(N)cc(F)c2)ccc1F. The first kappa shape index (κ1) is 14.7. The van der Waals surface area contributed by atoms with Gasteiger partial charge in [0, 0.05) is 5.69 Å². The molecule has 2 aromatic rings. The van der Waals surface area contributed by atoms with Crippen molar-refractivity contribution in [3.63, 3.8) is 0 Å². The van der Waals surface area contributed by atoms with E-state index in [1.165, 1.54) is 6.07 Å². The number of sulfonamides is 1. The number of hydrogen-bond acceptors (Lipinski definition) is 4. The normalized spacial score (nSPS) is 10.9. The summed E-state index contributed by atoms with van der Waals surface area (Å²) in [5.74, 6) is -1.53. The van der Waals surface area contributed by atoms with Gasteiger partial charge in [-0.25, -0.2) is 17.2 Å². The molecule has 0 aliphatic carbocycles. The lowest BCUT2D eigenvalue weighted by atomic mass is 10.2. The monoisotopic (exact) mass is 309 g/mol. The lowest BCUT2D eigenvalue weighted by Crippen LogP contribution is -2.13. The molecule has 21 heavy (non-hydrogen) atoms. The molecule has 2 aromatic carbocycles. The maximum absolute atomic E-state index is 13.2. The third kappa shape index (κ3) is 3.27. The van der Waals surface area contributed by atoms with E-state index in [1.54, 1.807) is 6.07 Å². The molecule has 0 bridgehead atoms. The second-order valence-corrected chi connectivity index (χ2v) is 5.81. The van der Waals surface area contributed by atoms with E-state index in [1.807, 2.05) is 0 Å². The number of nitrogens with zero attached hydrogens (tertiary/aromatic N) is 1. The van der Waals surface area contributed by atoms with Gasteiger partial charge in [-0.15, -0.1) is 0 Å². The minimum Gasteiger partial charge on any atom is -0.399 e. The van der Waals surface area contributed by atoms with Gasteiger partial charge in [0.1, 0.15) is 17.7 Å². The second-order valence-electron chi connectivity index (χ2n) is 4.13. The molecular formula is C13H9F2N3O2S. The summed E-state index contributed by atoms with van der Waals surface area (Å²) in [7, 11) is -4.09. The molecule has 0 spiro atoms. The molecule has 0 atom stereocenters. The van der Waals surface area contributed by atoms with Gasteiger partial charge >= 0.3 is 0 Å². The first-order chi connectivity index (χ1) is 9.81. The number of anilines is 2. The fourth-order valence-electron chi connectivity index (χ4n) is 1.64. The van der Waals surface area contributed by atoms with Crippen molar-refractivity contribution in [3.8, 4) is 6.07 Å². The summed E-state index contributed by atoms with van der Waals surface area (Å²) in [5, 5.41) is 8.70. The van der Waals surface area contributed by atoms with Crippen LogP contribution in [0, 0.1) is 23.0 Å². The van der Waals surface area contributed by atoms with E-state index in [0.717, 1.165) is 30.3 Å². The zero-order valence-corrected chi connectivity index (χ0v) is 11.3. The highest BCUT2D eigenvalue weighted by atomic mass is 32.2. The van der Waals surface area contributed by atoms with Crippen LogP contribution in [-0.2, 0) is 10.0 Å². The molecule has 0 fully saturated rings. The highest BCUT2D eigenvalue weighted by Crippen LogP contribution is 2.21. The summed E-state index contributed by atoms with van der Waals surface area (Å²) in [5.41, 5.74) is 4.98. The Morgan fingerprint density at radius 1 is 1.14 bits per heavy atom. The van der Waals surface area contributed by atoms with Crippen molar-refractivity contribution in [2.24, 2.45) is 0 Å². The van der Waals surface area contributed by atoms with Gasteiger partial charge < -0.3 is 5.73 Å². The van der Waals surface area contributed by atoms with Crippen LogP contribution in [0.1, 0.15) is 5.56 Å². The molecule has 0 saturated carbocycles. The minimum absolute atomic E-state index is 0.0459. The standard InChI is InChI=1S/C13H9F2N3O2S/c14-9-4-10(17)6-11(5-9)18-21(19,20)12-1-2-13(15)8(3-12)7-16/h1-6,18H,17H2. The van der Waals surface area contributed by atoms with Crippen LogP contribution in [0.25, 0.3) is 0 Å². The first-order valence-corrected chi connectivity index (χ1v) is 7.09. The topological polar surface area (TPSA) is 96.0 Å². The van der Waals surface area contributed by atoms with Crippen molar-refractivity contribution in [1.29, 1.82) is 5.26 Å². The fourth-order valence-corrected chi connectivity index (χ4v) is 2.71. The van der Waals surface area contributed by atoms with Crippen LogP contribution in [0.4, 0.5) is 20.2 Å². The van der Waals surface area contributed by atoms with Gasteiger partial charge in [0.15, 0.2) is 0 Å². The van der Waals surface area contributed by atoms with E-state index < -0.39 is 27.2 Å². The van der Waals surface area contributed by atoms with E-state index in [4.69, 9.17) is 11.0 Å². The van der Waals surface area contributed by atoms with Gasteiger partial charge in [-0.1, -0.05) is 0 Å². The molecule has 0 unspecified atom stereocenters. The number of benzene rings is 2. The molecule has 3 N–H and O–H groups in total. The molecular weight excluding hydrogens is 300 g/mol. The Kier molecular flexibility index (Phi) is 3.78. The lowest BCUT2D eigenvalue weighted by Gasteiger charge is -2.09. The maximum atomic E-state index is 13.2. The Balaban J connectivity index is 2.41. The van der Waals surface area contributed by atoms with Crippen LogP contribution in [0.2, 0.25) is 0 Å². The summed E-state index contributed by atoms with van der Waals surface area (Å²) in [6, 6.07) is 7.51. The van der Waals surface area contributed by atoms with Crippen LogP contribution >= 0.6 is 0 Å². The molecule has 0 heterocycles. The largest absolute Gasteiger partial charge is 0.399 e. The number of nitrogens with two attached hydrogens (primary N) is 1. The molecule has 0 aliphatic heterocycles. The van der Waals surface area contributed by atoms with Crippen molar-refractivity contribution in [1.82, 2.24) is 0 Å². The van der Waals surface area contributed by atoms with Crippen molar-refractivity contribution in [3.05, 3.63) is 53.6 Å². The van der Waals surface area contributed by atoms with Crippen LogP contribution in [0.5, 0.6) is 0 Å². The molecule has 0 amide bonds. The quantitative estimate of drug-likeness (QED) is 0.850. The van der Waals surface area contributed by atoms with Gasteiger partial charge in [-0.3, -0.25) is 4.72 Å². The number of nitrogen functional groups attached to an aromatic ring is 1. The zero-order valence-electron chi connectivity index (χ0n) is 10.5.